The van der Waals surface area contributed by atoms with Gasteiger partial charge in [-0.1, -0.05) is 24.3 Å². The average Bonchev–Trinajstić information content (AvgIpc) is 2.78. The van der Waals surface area contributed by atoms with Crippen LogP contribution in [-0.4, -0.2) is 15.0 Å². The van der Waals surface area contributed by atoms with Gasteiger partial charge >= 0.3 is 0 Å². The summed E-state index contributed by atoms with van der Waals surface area (Å²) in [5.41, 5.74) is 2.63. The second-order valence-corrected chi connectivity index (χ2v) is 6.14. The SMILES string of the molecule is Fc1ccc(Br)cn1.N#Cc1ccc(-c2ccccn2)cc1.c1ccncc1. The number of hydrogen-bond acceptors (Lipinski definition) is 4. The van der Waals surface area contributed by atoms with Crippen molar-refractivity contribution in [2.24, 2.45) is 0 Å². The van der Waals surface area contributed by atoms with Crippen molar-refractivity contribution in [3.05, 3.63) is 114 Å². The molecule has 3 heterocycles. The van der Waals surface area contributed by atoms with E-state index >= 15 is 0 Å². The predicted molar refractivity (Wildman–Crippen MR) is 111 cm³/mol. The van der Waals surface area contributed by atoms with E-state index in [0.29, 0.717) is 5.56 Å². The Morgan fingerprint density at radius 1 is 0.786 bits per heavy atom. The fourth-order valence-corrected chi connectivity index (χ4v) is 2.15. The molecular formula is C22H16BrFN4. The minimum absolute atomic E-state index is 0.451. The van der Waals surface area contributed by atoms with Gasteiger partial charge in [0.05, 0.1) is 17.3 Å². The van der Waals surface area contributed by atoms with E-state index in [1.165, 1.54) is 12.3 Å². The quantitative estimate of drug-likeness (QED) is 0.361. The average molecular weight is 435 g/mol. The fraction of sp³-hybridized carbons (Fsp3) is 0. The van der Waals surface area contributed by atoms with Crippen LogP contribution >= 0.6 is 15.9 Å². The van der Waals surface area contributed by atoms with Crippen molar-refractivity contribution in [2.75, 3.05) is 0 Å². The first-order valence-electron chi connectivity index (χ1n) is 8.22. The third-order valence-corrected chi connectivity index (χ3v) is 3.70. The number of pyridine rings is 3. The Balaban J connectivity index is 0.000000169. The standard InChI is InChI=1S/C12H8N2.C5H3BrFN.C5H5N/c13-9-10-4-6-11(7-5-10)12-3-1-2-8-14-12;6-4-1-2-5(7)8-3-4;1-2-4-6-5-3-1/h1-8H;1-3H;1-5H. The molecule has 4 aromatic rings. The highest BCUT2D eigenvalue weighted by atomic mass is 79.9. The van der Waals surface area contributed by atoms with Crippen LogP contribution in [0.3, 0.4) is 0 Å². The van der Waals surface area contributed by atoms with Gasteiger partial charge < -0.3 is 0 Å². The highest BCUT2D eigenvalue weighted by Crippen LogP contribution is 2.16. The molecule has 0 aliphatic carbocycles. The minimum Gasteiger partial charge on any atom is -0.265 e. The number of aromatic nitrogens is 3. The lowest BCUT2D eigenvalue weighted by molar-refractivity contribution is 0.583. The summed E-state index contributed by atoms with van der Waals surface area (Å²) in [6.07, 6.45) is 6.67. The Bertz CT molecular complexity index is 923. The van der Waals surface area contributed by atoms with Crippen LogP contribution in [-0.2, 0) is 0 Å². The Hall–Kier alpha value is -3.43. The van der Waals surface area contributed by atoms with E-state index in [0.717, 1.165) is 15.7 Å². The molecule has 0 aliphatic heterocycles. The molecule has 0 fully saturated rings. The van der Waals surface area contributed by atoms with Crippen LogP contribution in [0.25, 0.3) is 11.3 Å². The first-order chi connectivity index (χ1) is 13.7. The molecule has 6 heteroatoms. The summed E-state index contributed by atoms with van der Waals surface area (Å²) in [6.45, 7) is 0. The first-order valence-corrected chi connectivity index (χ1v) is 9.02. The van der Waals surface area contributed by atoms with E-state index in [1.807, 2.05) is 48.5 Å². The molecule has 138 valence electrons. The number of nitrogens with zero attached hydrogens (tertiary/aromatic N) is 4. The second kappa shape index (κ2) is 12.0. The van der Waals surface area contributed by atoms with Gasteiger partial charge in [0.25, 0.3) is 0 Å². The van der Waals surface area contributed by atoms with Gasteiger partial charge in [0.15, 0.2) is 0 Å². The van der Waals surface area contributed by atoms with E-state index in [-0.39, 0.29) is 0 Å². The smallest absolute Gasteiger partial charge is 0.212 e. The van der Waals surface area contributed by atoms with E-state index in [9.17, 15) is 4.39 Å². The minimum atomic E-state index is -0.451. The van der Waals surface area contributed by atoms with Crippen molar-refractivity contribution >= 4 is 15.9 Å². The first kappa shape index (κ1) is 20.9. The maximum Gasteiger partial charge on any atom is 0.212 e. The Kier molecular flexibility index (Phi) is 8.98. The lowest BCUT2D eigenvalue weighted by Gasteiger charge is -1.98. The zero-order chi connectivity index (χ0) is 20.0. The summed E-state index contributed by atoms with van der Waals surface area (Å²) in [5, 5.41) is 8.63. The van der Waals surface area contributed by atoms with Crippen LogP contribution in [0.4, 0.5) is 4.39 Å². The Morgan fingerprint density at radius 2 is 1.50 bits per heavy atom. The normalized spacial score (nSPS) is 9.04. The third-order valence-electron chi connectivity index (χ3n) is 3.23. The van der Waals surface area contributed by atoms with Gasteiger partial charge in [-0.25, -0.2) is 4.98 Å². The number of halogens is 2. The van der Waals surface area contributed by atoms with Crippen molar-refractivity contribution in [1.29, 1.82) is 5.26 Å². The summed E-state index contributed by atoms with van der Waals surface area (Å²) < 4.78 is 12.7. The molecule has 0 spiro atoms. The number of hydrogen-bond donors (Lipinski definition) is 0. The molecule has 4 rings (SSSR count). The third kappa shape index (κ3) is 7.85. The van der Waals surface area contributed by atoms with Gasteiger partial charge in [0, 0.05) is 34.8 Å². The molecule has 0 amide bonds. The van der Waals surface area contributed by atoms with Crippen molar-refractivity contribution in [1.82, 2.24) is 15.0 Å². The van der Waals surface area contributed by atoms with E-state index in [1.54, 1.807) is 36.8 Å². The van der Waals surface area contributed by atoms with Gasteiger partial charge in [-0.2, -0.15) is 9.65 Å². The number of nitriles is 1. The molecule has 0 radical (unpaired) electrons. The summed E-state index contributed by atoms with van der Waals surface area (Å²) in [5.74, 6) is -0.451. The molecule has 28 heavy (non-hydrogen) atoms. The van der Waals surface area contributed by atoms with Gasteiger partial charge in [0.1, 0.15) is 0 Å². The van der Waals surface area contributed by atoms with E-state index in [4.69, 9.17) is 5.26 Å². The van der Waals surface area contributed by atoms with Crippen molar-refractivity contribution in [3.63, 3.8) is 0 Å². The molecule has 0 saturated heterocycles. The molecule has 3 aromatic heterocycles. The van der Waals surface area contributed by atoms with E-state index < -0.39 is 5.95 Å². The monoisotopic (exact) mass is 434 g/mol. The highest BCUT2D eigenvalue weighted by Gasteiger charge is 1.97. The van der Waals surface area contributed by atoms with Gasteiger partial charge in [-0.05, 0) is 64.5 Å². The predicted octanol–water partition coefficient (Wildman–Crippen LogP) is 5.69. The molecule has 0 atom stereocenters. The van der Waals surface area contributed by atoms with Crippen LogP contribution in [0.5, 0.6) is 0 Å². The van der Waals surface area contributed by atoms with Crippen LogP contribution in [0.1, 0.15) is 5.56 Å². The van der Waals surface area contributed by atoms with Crippen LogP contribution in [0.15, 0.2) is 102 Å². The molecule has 4 nitrogen and oxygen atoms in total. The summed E-state index contributed by atoms with van der Waals surface area (Å²) in [6, 6.07) is 23.9. The number of rotatable bonds is 1. The van der Waals surface area contributed by atoms with Crippen molar-refractivity contribution < 1.29 is 4.39 Å². The van der Waals surface area contributed by atoms with E-state index in [2.05, 4.69) is 37.0 Å². The van der Waals surface area contributed by atoms with Crippen LogP contribution in [0.2, 0.25) is 0 Å². The van der Waals surface area contributed by atoms with Gasteiger partial charge in [0.2, 0.25) is 5.95 Å². The molecule has 0 N–H and O–H groups in total. The molecule has 0 aliphatic rings. The highest BCUT2D eigenvalue weighted by molar-refractivity contribution is 9.10. The Labute approximate surface area is 171 Å². The lowest BCUT2D eigenvalue weighted by Crippen LogP contribution is -1.81. The van der Waals surface area contributed by atoms with Gasteiger partial charge in [-0.15, -0.1) is 0 Å². The molecule has 0 unspecified atom stereocenters. The second-order valence-electron chi connectivity index (χ2n) is 5.23. The lowest BCUT2D eigenvalue weighted by atomic mass is 10.1. The largest absolute Gasteiger partial charge is 0.265 e. The fourth-order valence-electron chi connectivity index (χ4n) is 1.92. The van der Waals surface area contributed by atoms with Crippen molar-refractivity contribution in [3.8, 4) is 17.3 Å². The van der Waals surface area contributed by atoms with Crippen LogP contribution in [0, 0.1) is 17.3 Å². The molecule has 1 aromatic carbocycles. The maximum absolute atomic E-state index is 12.0. The molecular weight excluding hydrogens is 419 g/mol. The Morgan fingerprint density at radius 3 is 1.93 bits per heavy atom. The maximum atomic E-state index is 12.0. The molecule has 0 saturated carbocycles. The summed E-state index contributed by atoms with van der Waals surface area (Å²) in [7, 11) is 0. The zero-order valence-electron chi connectivity index (χ0n) is 14.8. The zero-order valence-corrected chi connectivity index (χ0v) is 16.4. The topological polar surface area (TPSA) is 62.5 Å². The number of benzene rings is 1. The van der Waals surface area contributed by atoms with Crippen molar-refractivity contribution in [2.45, 2.75) is 0 Å². The van der Waals surface area contributed by atoms with Gasteiger partial charge in [-0.3, -0.25) is 9.97 Å². The summed E-state index contributed by atoms with van der Waals surface area (Å²) in [4.78, 5) is 11.4. The molecule has 0 bridgehead atoms. The van der Waals surface area contributed by atoms with Crippen LogP contribution < -0.4 is 0 Å². The summed E-state index contributed by atoms with van der Waals surface area (Å²) >= 11 is 3.12.